The minimum Gasteiger partial charge on any atom is -0.360 e. The van der Waals surface area contributed by atoms with Gasteiger partial charge in [0.25, 0.3) is 5.91 Å². The Morgan fingerprint density at radius 1 is 1.29 bits per heavy atom. The van der Waals surface area contributed by atoms with Gasteiger partial charge in [0, 0.05) is 23.0 Å². The van der Waals surface area contributed by atoms with Gasteiger partial charge in [-0.15, -0.1) is 0 Å². The van der Waals surface area contributed by atoms with Crippen molar-refractivity contribution in [1.29, 1.82) is 5.26 Å². The van der Waals surface area contributed by atoms with Gasteiger partial charge in [0.15, 0.2) is 5.78 Å². The van der Waals surface area contributed by atoms with Crippen LogP contribution in [0.1, 0.15) is 38.1 Å². The highest BCUT2D eigenvalue weighted by Gasteiger charge is 2.17. The van der Waals surface area contributed by atoms with E-state index >= 15 is 0 Å². The van der Waals surface area contributed by atoms with Gasteiger partial charge in [0.05, 0.1) is 0 Å². The van der Waals surface area contributed by atoms with Crippen LogP contribution in [-0.4, -0.2) is 17.2 Å². The Kier molecular flexibility index (Phi) is 5.25. The summed E-state index contributed by atoms with van der Waals surface area (Å²) < 4.78 is 0. The van der Waals surface area contributed by atoms with Crippen LogP contribution in [0, 0.1) is 11.3 Å². The number of Topliss-reactive ketones (excluding diaryl/α,β-unsaturated/α-hetero) is 1. The molecular weight excluding hydrogens is 266 g/mol. The van der Waals surface area contributed by atoms with E-state index in [9.17, 15) is 9.59 Å². The molecule has 1 aromatic rings. The lowest BCUT2D eigenvalue weighted by molar-refractivity contribution is -0.118. The molecule has 0 heterocycles. The maximum absolute atomic E-state index is 11.9. The van der Waals surface area contributed by atoms with Crippen LogP contribution >= 0.6 is 0 Å². The van der Waals surface area contributed by atoms with Crippen LogP contribution in [0.4, 0.5) is 5.69 Å². The van der Waals surface area contributed by atoms with Crippen molar-refractivity contribution in [1.82, 2.24) is 5.32 Å². The van der Waals surface area contributed by atoms with Crippen molar-refractivity contribution < 1.29 is 9.59 Å². The fourth-order valence-electron chi connectivity index (χ4n) is 1.54. The second-order valence-electron chi connectivity index (χ2n) is 5.66. The minimum absolute atomic E-state index is 0.0295. The predicted octanol–water partition coefficient (Wildman–Crippen LogP) is 2.62. The third-order valence-electron chi connectivity index (χ3n) is 2.51. The van der Waals surface area contributed by atoms with Gasteiger partial charge in [0.1, 0.15) is 11.6 Å². The summed E-state index contributed by atoms with van der Waals surface area (Å²) in [4.78, 5) is 23.2. The fourth-order valence-corrected chi connectivity index (χ4v) is 1.54. The first kappa shape index (κ1) is 16.4. The first-order valence-electron chi connectivity index (χ1n) is 6.53. The molecule has 0 aliphatic carbocycles. The smallest absolute Gasteiger partial charge is 0.263 e. The SMILES string of the molecule is CC(=O)c1cccc(N/C=C(/C#N)C(=O)NC(C)(C)C)c1. The molecule has 0 aliphatic heterocycles. The molecule has 0 saturated heterocycles. The van der Waals surface area contributed by atoms with Crippen molar-refractivity contribution in [2.45, 2.75) is 33.2 Å². The van der Waals surface area contributed by atoms with Gasteiger partial charge in [0.2, 0.25) is 0 Å². The zero-order valence-corrected chi connectivity index (χ0v) is 12.7. The van der Waals surface area contributed by atoms with Crippen molar-refractivity contribution >= 4 is 17.4 Å². The highest BCUT2D eigenvalue weighted by molar-refractivity contribution is 5.98. The number of hydrogen-bond acceptors (Lipinski definition) is 4. The molecule has 5 nitrogen and oxygen atoms in total. The topological polar surface area (TPSA) is 82.0 Å². The summed E-state index contributed by atoms with van der Waals surface area (Å²) in [5.41, 5.74) is 0.755. The van der Waals surface area contributed by atoms with Crippen LogP contribution < -0.4 is 10.6 Å². The molecule has 1 rings (SSSR count). The molecule has 0 bridgehead atoms. The number of nitrogens with zero attached hydrogens (tertiary/aromatic N) is 1. The summed E-state index contributed by atoms with van der Waals surface area (Å²) in [5.74, 6) is -0.492. The number of carbonyl (C=O) groups excluding carboxylic acids is 2. The van der Waals surface area contributed by atoms with E-state index < -0.39 is 11.4 Å². The normalized spacial score (nSPS) is 11.5. The van der Waals surface area contributed by atoms with Crippen LogP contribution in [0.15, 0.2) is 36.0 Å². The maximum Gasteiger partial charge on any atom is 0.263 e. The average molecular weight is 285 g/mol. The van der Waals surface area contributed by atoms with Crippen LogP contribution in [0.2, 0.25) is 0 Å². The molecule has 1 aromatic carbocycles. The van der Waals surface area contributed by atoms with E-state index in [0.717, 1.165) is 0 Å². The van der Waals surface area contributed by atoms with E-state index in [-0.39, 0.29) is 11.4 Å². The largest absolute Gasteiger partial charge is 0.360 e. The zero-order chi connectivity index (χ0) is 16.0. The third-order valence-corrected chi connectivity index (χ3v) is 2.51. The molecule has 2 N–H and O–H groups in total. The highest BCUT2D eigenvalue weighted by atomic mass is 16.2. The number of nitrogens with one attached hydrogen (secondary N) is 2. The zero-order valence-electron chi connectivity index (χ0n) is 12.7. The Balaban J connectivity index is 2.87. The molecule has 21 heavy (non-hydrogen) atoms. The molecule has 0 fully saturated rings. The molecule has 0 spiro atoms. The van der Waals surface area contributed by atoms with Crippen molar-refractivity contribution in [3.05, 3.63) is 41.6 Å². The number of amides is 1. The molecule has 0 aliphatic rings. The second kappa shape index (κ2) is 6.71. The van der Waals surface area contributed by atoms with Gasteiger partial charge in [-0.05, 0) is 39.8 Å². The number of benzene rings is 1. The summed E-state index contributed by atoms with van der Waals surface area (Å²) >= 11 is 0. The number of anilines is 1. The monoisotopic (exact) mass is 285 g/mol. The third kappa shape index (κ3) is 5.49. The molecule has 1 amide bonds. The van der Waals surface area contributed by atoms with E-state index in [0.29, 0.717) is 11.3 Å². The molecule has 0 saturated carbocycles. The molecule has 110 valence electrons. The van der Waals surface area contributed by atoms with Crippen LogP contribution in [0.5, 0.6) is 0 Å². The average Bonchev–Trinajstić information content (AvgIpc) is 2.37. The van der Waals surface area contributed by atoms with E-state index in [4.69, 9.17) is 5.26 Å². The van der Waals surface area contributed by atoms with Crippen molar-refractivity contribution in [3.63, 3.8) is 0 Å². The molecule has 0 radical (unpaired) electrons. The lowest BCUT2D eigenvalue weighted by atomic mass is 10.1. The Hall–Kier alpha value is -2.61. The van der Waals surface area contributed by atoms with Gasteiger partial charge in [-0.1, -0.05) is 12.1 Å². The minimum atomic E-state index is -0.444. The van der Waals surface area contributed by atoms with Crippen LogP contribution in [-0.2, 0) is 4.79 Å². The molecule has 0 unspecified atom stereocenters. The van der Waals surface area contributed by atoms with E-state index in [2.05, 4.69) is 10.6 Å². The summed E-state index contributed by atoms with van der Waals surface area (Å²) in [6, 6.07) is 8.70. The fraction of sp³-hybridized carbons (Fsp3) is 0.312. The lowest BCUT2D eigenvalue weighted by Crippen LogP contribution is -2.41. The Morgan fingerprint density at radius 2 is 1.95 bits per heavy atom. The standard InChI is InChI=1S/C16H19N3O2/c1-11(20)12-6-5-7-14(8-12)18-10-13(9-17)15(21)19-16(2,3)4/h5-8,10,18H,1-4H3,(H,19,21)/b13-10-. The van der Waals surface area contributed by atoms with E-state index in [1.807, 2.05) is 26.8 Å². The summed E-state index contributed by atoms with van der Waals surface area (Å²) in [5, 5.41) is 14.6. The number of hydrogen-bond donors (Lipinski definition) is 2. The molecule has 5 heteroatoms. The van der Waals surface area contributed by atoms with E-state index in [1.54, 1.807) is 24.3 Å². The quantitative estimate of drug-likeness (QED) is 0.506. The molecular formula is C16H19N3O2. The molecule has 0 aromatic heterocycles. The summed E-state index contributed by atoms with van der Waals surface area (Å²) in [6.45, 7) is 6.99. The van der Waals surface area contributed by atoms with Gasteiger partial charge < -0.3 is 10.6 Å². The first-order valence-corrected chi connectivity index (χ1v) is 6.53. The van der Waals surface area contributed by atoms with Crippen LogP contribution in [0.3, 0.4) is 0 Å². The second-order valence-corrected chi connectivity index (χ2v) is 5.66. The first-order chi connectivity index (χ1) is 9.73. The highest BCUT2D eigenvalue weighted by Crippen LogP contribution is 2.12. The summed E-state index contributed by atoms with van der Waals surface area (Å²) in [6.07, 6.45) is 1.33. The van der Waals surface area contributed by atoms with Gasteiger partial charge in [-0.3, -0.25) is 9.59 Å². The number of carbonyl (C=O) groups is 2. The van der Waals surface area contributed by atoms with Gasteiger partial charge in [-0.2, -0.15) is 5.26 Å². The van der Waals surface area contributed by atoms with Crippen molar-refractivity contribution in [2.75, 3.05) is 5.32 Å². The maximum atomic E-state index is 11.9. The lowest BCUT2D eigenvalue weighted by Gasteiger charge is -2.20. The Labute approximate surface area is 124 Å². The Morgan fingerprint density at radius 3 is 2.48 bits per heavy atom. The Bertz CT molecular complexity index is 619. The van der Waals surface area contributed by atoms with Gasteiger partial charge >= 0.3 is 0 Å². The van der Waals surface area contributed by atoms with Crippen LogP contribution in [0.25, 0.3) is 0 Å². The summed E-state index contributed by atoms with van der Waals surface area (Å²) in [7, 11) is 0. The van der Waals surface area contributed by atoms with Crippen molar-refractivity contribution in [2.24, 2.45) is 0 Å². The number of nitriles is 1. The van der Waals surface area contributed by atoms with E-state index in [1.165, 1.54) is 13.1 Å². The van der Waals surface area contributed by atoms with Crippen molar-refractivity contribution in [3.8, 4) is 6.07 Å². The predicted molar refractivity (Wildman–Crippen MR) is 81.7 cm³/mol. The van der Waals surface area contributed by atoms with Gasteiger partial charge in [-0.25, -0.2) is 0 Å². The number of rotatable bonds is 4. The molecule has 0 atom stereocenters. The number of ketones is 1.